The highest BCUT2D eigenvalue weighted by Crippen LogP contribution is 2.28. The number of hydrogen-bond acceptors (Lipinski definition) is 5. The molecule has 0 bridgehead atoms. The summed E-state index contributed by atoms with van der Waals surface area (Å²) in [7, 11) is 4.06. The zero-order valence-corrected chi connectivity index (χ0v) is 12.5. The maximum atomic E-state index is 9.62. The summed E-state index contributed by atoms with van der Waals surface area (Å²) < 4.78 is 0. The Hall–Kier alpha value is -0.650. The molecular formula is C13H23N3OS. The molecule has 1 aliphatic rings. The first kappa shape index (κ1) is 13.8. The second kappa shape index (κ2) is 5.55. The molecule has 1 aromatic heterocycles. The summed E-state index contributed by atoms with van der Waals surface area (Å²) in [6.45, 7) is 7.05. The molecule has 1 saturated heterocycles. The van der Waals surface area contributed by atoms with Crippen molar-refractivity contribution in [2.24, 2.45) is 5.92 Å². The summed E-state index contributed by atoms with van der Waals surface area (Å²) in [6, 6.07) is 0. The van der Waals surface area contributed by atoms with E-state index in [1.54, 1.807) is 11.3 Å². The van der Waals surface area contributed by atoms with Crippen LogP contribution >= 0.6 is 11.3 Å². The molecule has 2 atom stereocenters. The summed E-state index contributed by atoms with van der Waals surface area (Å²) in [5.41, 5.74) is 1.14. The van der Waals surface area contributed by atoms with Gasteiger partial charge in [-0.05, 0) is 32.7 Å². The van der Waals surface area contributed by atoms with E-state index in [-0.39, 0.29) is 6.10 Å². The van der Waals surface area contributed by atoms with E-state index in [2.05, 4.69) is 21.7 Å². The van der Waals surface area contributed by atoms with Gasteiger partial charge in [0.15, 0.2) is 5.13 Å². The fourth-order valence-corrected chi connectivity index (χ4v) is 3.38. The third-order valence-electron chi connectivity index (χ3n) is 3.62. The predicted molar refractivity (Wildman–Crippen MR) is 76.2 cm³/mol. The number of aryl methyl sites for hydroxylation is 1. The minimum atomic E-state index is -0.185. The number of hydrogen-bond donors (Lipinski definition) is 1. The summed E-state index contributed by atoms with van der Waals surface area (Å²) in [6.07, 6.45) is 0.922. The van der Waals surface area contributed by atoms with Crippen molar-refractivity contribution in [3.8, 4) is 0 Å². The van der Waals surface area contributed by atoms with Gasteiger partial charge < -0.3 is 10.0 Å². The average molecular weight is 269 g/mol. The van der Waals surface area contributed by atoms with Gasteiger partial charge in [0.05, 0.1) is 11.8 Å². The molecule has 0 spiro atoms. The van der Waals surface area contributed by atoms with Crippen LogP contribution in [0, 0.1) is 12.8 Å². The van der Waals surface area contributed by atoms with Crippen LogP contribution in [-0.4, -0.2) is 48.3 Å². The van der Waals surface area contributed by atoms with Crippen molar-refractivity contribution in [1.82, 2.24) is 9.88 Å². The van der Waals surface area contributed by atoms with E-state index in [1.807, 2.05) is 21.0 Å². The van der Waals surface area contributed by atoms with Gasteiger partial charge in [0.25, 0.3) is 0 Å². The zero-order chi connectivity index (χ0) is 13.3. The predicted octanol–water partition coefficient (Wildman–Crippen LogP) is 1.72. The number of thiazole rings is 1. The highest BCUT2D eigenvalue weighted by molar-refractivity contribution is 7.15. The Balaban J connectivity index is 1.98. The van der Waals surface area contributed by atoms with E-state index in [0.717, 1.165) is 36.9 Å². The van der Waals surface area contributed by atoms with Gasteiger partial charge in [0, 0.05) is 32.1 Å². The number of anilines is 1. The summed E-state index contributed by atoms with van der Waals surface area (Å²) in [4.78, 5) is 10.4. The lowest BCUT2D eigenvalue weighted by atomic mass is 10.0. The Kier molecular flexibility index (Phi) is 4.25. The van der Waals surface area contributed by atoms with Gasteiger partial charge in [-0.15, -0.1) is 11.3 Å². The molecule has 102 valence electrons. The maximum Gasteiger partial charge on any atom is 0.185 e. The first-order valence-electron chi connectivity index (χ1n) is 6.51. The number of aliphatic hydroxyl groups is 1. The topological polar surface area (TPSA) is 39.6 Å². The van der Waals surface area contributed by atoms with Gasteiger partial charge in [-0.25, -0.2) is 4.98 Å². The normalized spacial score (nSPS) is 22.4. The fraction of sp³-hybridized carbons (Fsp3) is 0.769. The second-order valence-electron chi connectivity index (χ2n) is 5.42. The molecule has 0 amide bonds. The Morgan fingerprint density at radius 2 is 2.28 bits per heavy atom. The first-order valence-corrected chi connectivity index (χ1v) is 7.33. The molecule has 2 heterocycles. The molecule has 1 aliphatic heterocycles. The van der Waals surface area contributed by atoms with Crippen LogP contribution in [0.15, 0.2) is 0 Å². The van der Waals surface area contributed by atoms with Crippen molar-refractivity contribution in [2.75, 3.05) is 32.1 Å². The monoisotopic (exact) mass is 269 g/mol. The molecule has 5 heteroatoms. The van der Waals surface area contributed by atoms with Gasteiger partial charge in [0.2, 0.25) is 0 Å². The smallest absolute Gasteiger partial charge is 0.185 e. The molecule has 1 aromatic rings. The number of aromatic nitrogens is 1. The molecule has 1 N–H and O–H groups in total. The zero-order valence-electron chi connectivity index (χ0n) is 11.7. The van der Waals surface area contributed by atoms with E-state index in [0.29, 0.717) is 5.92 Å². The van der Waals surface area contributed by atoms with E-state index in [4.69, 9.17) is 0 Å². The van der Waals surface area contributed by atoms with Crippen LogP contribution in [-0.2, 0) is 6.54 Å². The van der Waals surface area contributed by atoms with Crippen molar-refractivity contribution < 1.29 is 5.11 Å². The standard InChI is InChI=1S/C13H23N3OS/c1-9-12(18-13(14-9)15(3)4)8-16-6-5-11(7-16)10(2)17/h10-11,17H,5-8H2,1-4H3. The number of rotatable bonds is 4. The molecule has 0 radical (unpaired) electrons. The van der Waals surface area contributed by atoms with Crippen LogP contribution in [0.25, 0.3) is 0 Å². The highest BCUT2D eigenvalue weighted by Gasteiger charge is 2.26. The molecule has 2 rings (SSSR count). The molecule has 18 heavy (non-hydrogen) atoms. The quantitative estimate of drug-likeness (QED) is 0.903. The van der Waals surface area contributed by atoms with Gasteiger partial charge >= 0.3 is 0 Å². The van der Waals surface area contributed by atoms with Crippen LogP contribution in [0.5, 0.6) is 0 Å². The van der Waals surface area contributed by atoms with Gasteiger partial charge in [-0.1, -0.05) is 0 Å². The SMILES string of the molecule is Cc1nc(N(C)C)sc1CN1CCC(C(C)O)C1. The number of nitrogens with zero attached hydrogens (tertiary/aromatic N) is 3. The van der Waals surface area contributed by atoms with Crippen molar-refractivity contribution in [2.45, 2.75) is 32.9 Å². The van der Waals surface area contributed by atoms with Gasteiger partial charge in [-0.3, -0.25) is 4.90 Å². The van der Waals surface area contributed by atoms with Crippen LogP contribution in [0.4, 0.5) is 5.13 Å². The van der Waals surface area contributed by atoms with Crippen molar-refractivity contribution in [3.63, 3.8) is 0 Å². The molecule has 0 aliphatic carbocycles. The lowest BCUT2D eigenvalue weighted by Crippen LogP contribution is -2.23. The third kappa shape index (κ3) is 3.02. The average Bonchev–Trinajstić information content (AvgIpc) is 2.87. The minimum Gasteiger partial charge on any atom is -0.393 e. The Bertz CT molecular complexity index is 403. The van der Waals surface area contributed by atoms with E-state index in [9.17, 15) is 5.11 Å². The van der Waals surface area contributed by atoms with E-state index >= 15 is 0 Å². The molecule has 4 nitrogen and oxygen atoms in total. The lowest BCUT2D eigenvalue weighted by molar-refractivity contribution is 0.127. The largest absolute Gasteiger partial charge is 0.393 e. The van der Waals surface area contributed by atoms with Crippen molar-refractivity contribution >= 4 is 16.5 Å². The Morgan fingerprint density at radius 3 is 2.78 bits per heavy atom. The summed E-state index contributed by atoms with van der Waals surface area (Å²) >= 11 is 1.77. The van der Waals surface area contributed by atoms with Gasteiger partial charge in [-0.2, -0.15) is 0 Å². The minimum absolute atomic E-state index is 0.185. The Labute approximate surface area is 113 Å². The number of aliphatic hydroxyl groups excluding tert-OH is 1. The first-order chi connectivity index (χ1) is 8.47. The third-order valence-corrected chi connectivity index (χ3v) is 4.93. The van der Waals surface area contributed by atoms with E-state index < -0.39 is 0 Å². The lowest BCUT2D eigenvalue weighted by Gasteiger charge is -2.16. The maximum absolute atomic E-state index is 9.62. The summed E-state index contributed by atoms with van der Waals surface area (Å²) in [5, 5.41) is 10.7. The molecule has 0 aromatic carbocycles. The van der Waals surface area contributed by atoms with Crippen LogP contribution in [0.3, 0.4) is 0 Å². The molecule has 2 unspecified atom stereocenters. The van der Waals surface area contributed by atoms with Crippen LogP contribution < -0.4 is 4.90 Å². The molecular weight excluding hydrogens is 246 g/mol. The van der Waals surface area contributed by atoms with E-state index in [1.165, 1.54) is 4.88 Å². The summed E-state index contributed by atoms with van der Waals surface area (Å²) in [5.74, 6) is 0.437. The fourth-order valence-electron chi connectivity index (χ4n) is 2.35. The molecule has 1 fully saturated rings. The Morgan fingerprint density at radius 1 is 1.56 bits per heavy atom. The van der Waals surface area contributed by atoms with Crippen LogP contribution in [0.2, 0.25) is 0 Å². The van der Waals surface area contributed by atoms with Crippen molar-refractivity contribution in [3.05, 3.63) is 10.6 Å². The second-order valence-corrected chi connectivity index (χ2v) is 6.49. The number of likely N-dealkylation sites (tertiary alicyclic amines) is 1. The van der Waals surface area contributed by atoms with Crippen LogP contribution in [0.1, 0.15) is 23.9 Å². The van der Waals surface area contributed by atoms with Gasteiger partial charge in [0.1, 0.15) is 0 Å². The van der Waals surface area contributed by atoms with Crippen molar-refractivity contribution in [1.29, 1.82) is 0 Å². The molecule has 0 saturated carbocycles. The highest BCUT2D eigenvalue weighted by atomic mass is 32.1.